The van der Waals surface area contributed by atoms with Gasteiger partial charge in [0.25, 0.3) is 0 Å². The summed E-state index contributed by atoms with van der Waals surface area (Å²) in [4.78, 5) is 2.27. The maximum absolute atomic E-state index is 12.6. The molecule has 0 amide bonds. The second kappa shape index (κ2) is 6.36. The highest BCUT2D eigenvalue weighted by atomic mass is 32.2. The molecule has 2 aromatic heterocycles. The number of rotatable bonds is 6. The second-order valence-electron chi connectivity index (χ2n) is 4.56. The van der Waals surface area contributed by atoms with E-state index >= 15 is 0 Å². The Morgan fingerprint density at radius 1 is 1.35 bits per heavy atom. The minimum Gasteiger partial charge on any atom is -0.315 e. The van der Waals surface area contributed by atoms with Crippen molar-refractivity contribution >= 4 is 32.7 Å². The molecular weight excluding hydrogens is 312 g/mol. The zero-order chi connectivity index (χ0) is 14.8. The first-order valence-electron chi connectivity index (χ1n) is 6.23. The lowest BCUT2D eigenvalue weighted by atomic mass is 10.3. The fourth-order valence-electron chi connectivity index (χ4n) is 2.02. The molecular formula is C13H18N2O2S3. The van der Waals surface area contributed by atoms with Gasteiger partial charge in [-0.3, -0.25) is 0 Å². The van der Waals surface area contributed by atoms with Gasteiger partial charge >= 0.3 is 0 Å². The zero-order valence-corrected chi connectivity index (χ0v) is 14.1. The van der Waals surface area contributed by atoms with Gasteiger partial charge in [-0.1, -0.05) is 6.07 Å². The third-order valence-electron chi connectivity index (χ3n) is 2.90. The molecule has 2 heterocycles. The molecule has 0 fully saturated rings. The first-order valence-corrected chi connectivity index (χ1v) is 9.47. The van der Waals surface area contributed by atoms with Crippen molar-refractivity contribution in [1.82, 2.24) is 10.0 Å². The predicted molar refractivity (Wildman–Crippen MR) is 84.9 cm³/mol. The SMILES string of the molecule is CNCc1scc(C)c1S(=O)(=O)NC(C)c1cccs1. The van der Waals surface area contributed by atoms with Crippen LogP contribution in [0.2, 0.25) is 0 Å². The van der Waals surface area contributed by atoms with Crippen LogP contribution >= 0.6 is 22.7 Å². The van der Waals surface area contributed by atoms with Crippen LogP contribution < -0.4 is 10.0 Å². The smallest absolute Gasteiger partial charge is 0.242 e. The highest BCUT2D eigenvalue weighted by Gasteiger charge is 2.25. The van der Waals surface area contributed by atoms with E-state index in [2.05, 4.69) is 10.0 Å². The van der Waals surface area contributed by atoms with Crippen molar-refractivity contribution in [3.05, 3.63) is 38.2 Å². The van der Waals surface area contributed by atoms with E-state index in [0.29, 0.717) is 11.4 Å². The molecule has 1 atom stereocenters. The summed E-state index contributed by atoms with van der Waals surface area (Å²) >= 11 is 3.02. The van der Waals surface area contributed by atoms with E-state index in [9.17, 15) is 8.42 Å². The Bertz CT molecular complexity index is 660. The number of nitrogens with one attached hydrogen (secondary N) is 2. The van der Waals surface area contributed by atoms with E-state index in [1.165, 1.54) is 11.3 Å². The molecule has 2 rings (SSSR count). The minimum atomic E-state index is -3.50. The van der Waals surface area contributed by atoms with E-state index in [1.807, 2.05) is 43.8 Å². The molecule has 110 valence electrons. The highest BCUT2D eigenvalue weighted by Crippen LogP contribution is 2.28. The highest BCUT2D eigenvalue weighted by molar-refractivity contribution is 7.89. The number of thiophene rings is 2. The number of sulfonamides is 1. The van der Waals surface area contributed by atoms with Crippen molar-refractivity contribution in [3.63, 3.8) is 0 Å². The van der Waals surface area contributed by atoms with Gasteiger partial charge < -0.3 is 5.32 Å². The molecule has 0 aromatic carbocycles. The summed E-state index contributed by atoms with van der Waals surface area (Å²) in [5.74, 6) is 0. The van der Waals surface area contributed by atoms with Crippen molar-refractivity contribution in [3.8, 4) is 0 Å². The number of hydrogen-bond acceptors (Lipinski definition) is 5. The molecule has 2 aromatic rings. The van der Waals surface area contributed by atoms with Crippen molar-refractivity contribution in [2.75, 3.05) is 7.05 Å². The average molecular weight is 330 g/mol. The molecule has 0 radical (unpaired) electrons. The van der Waals surface area contributed by atoms with Gasteiger partial charge in [0.2, 0.25) is 10.0 Å². The Morgan fingerprint density at radius 3 is 2.70 bits per heavy atom. The standard InChI is InChI=1S/C13H18N2O2S3/c1-9-8-19-12(7-14-3)13(9)20(16,17)15-10(2)11-5-4-6-18-11/h4-6,8,10,14-15H,7H2,1-3H3. The minimum absolute atomic E-state index is 0.221. The summed E-state index contributed by atoms with van der Waals surface area (Å²) < 4.78 is 27.9. The van der Waals surface area contributed by atoms with Gasteiger partial charge in [0.05, 0.1) is 6.04 Å². The summed E-state index contributed by atoms with van der Waals surface area (Å²) in [7, 11) is -1.69. The van der Waals surface area contributed by atoms with E-state index in [4.69, 9.17) is 0 Å². The van der Waals surface area contributed by atoms with Gasteiger partial charge in [0, 0.05) is 16.3 Å². The lowest BCUT2D eigenvalue weighted by Crippen LogP contribution is -2.27. The molecule has 0 saturated carbocycles. The van der Waals surface area contributed by atoms with Crippen molar-refractivity contribution in [2.45, 2.75) is 31.3 Å². The van der Waals surface area contributed by atoms with Gasteiger partial charge in [-0.15, -0.1) is 22.7 Å². The third kappa shape index (κ3) is 3.29. The molecule has 0 spiro atoms. The Morgan fingerprint density at radius 2 is 2.10 bits per heavy atom. The summed E-state index contributed by atoms with van der Waals surface area (Å²) in [5, 5.41) is 6.84. The molecule has 20 heavy (non-hydrogen) atoms. The summed E-state index contributed by atoms with van der Waals surface area (Å²) in [6, 6.07) is 3.64. The van der Waals surface area contributed by atoms with Crippen LogP contribution in [0.4, 0.5) is 0 Å². The molecule has 7 heteroatoms. The van der Waals surface area contributed by atoms with Crippen LogP contribution in [-0.4, -0.2) is 15.5 Å². The largest absolute Gasteiger partial charge is 0.315 e. The zero-order valence-electron chi connectivity index (χ0n) is 11.6. The normalized spacial score (nSPS) is 13.6. The van der Waals surface area contributed by atoms with Gasteiger partial charge in [-0.2, -0.15) is 0 Å². The van der Waals surface area contributed by atoms with Crippen molar-refractivity contribution in [1.29, 1.82) is 0 Å². The quantitative estimate of drug-likeness (QED) is 0.856. The summed E-state index contributed by atoms with van der Waals surface area (Å²) in [6.45, 7) is 4.25. The first kappa shape index (κ1) is 15.7. The van der Waals surface area contributed by atoms with Gasteiger partial charge in [-0.25, -0.2) is 13.1 Å². The Balaban J connectivity index is 2.29. The van der Waals surface area contributed by atoms with E-state index < -0.39 is 10.0 Å². The topological polar surface area (TPSA) is 58.2 Å². The third-order valence-corrected chi connectivity index (χ3v) is 6.96. The van der Waals surface area contributed by atoms with Crippen LogP contribution in [0.25, 0.3) is 0 Å². The molecule has 1 unspecified atom stereocenters. The first-order chi connectivity index (χ1) is 9.45. The molecule has 2 N–H and O–H groups in total. The Kier molecular flexibility index (Phi) is 4.98. The van der Waals surface area contributed by atoms with Gasteiger partial charge in [0.1, 0.15) is 4.90 Å². The van der Waals surface area contributed by atoms with E-state index in [1.54, 1.807) is 11.3 Å². The second-order valence-corrected chi connectivity index (χ2v) is 8.15. The van der Waals surface area contributed by atoms with Crippen molar-refractivity contribution < 1.29 is 8.42 Å². The maximum atomic E-state index is 12.6. The molecule has 0 saturated heterocycles. The van der Waals surface area contributed by atoms with Crippen LogP contribution in [0.5, 0.6) is 0 Å². The lowest BCUT2D eigenvalue weighted by molar-refractivity contribution is 0.567. The molecule has 0 aliphatic heterocycles. The Labute approximate surface area is 127 Å². The van der Waals surface area contributed by atoms with Gasteiger partial charge in [0.15, 0.2) is 0 Å². The number of aryl methyl sites for hydroxylation is 1. The van der Waals surface area contributed by atoms with Crippen LogP contribution in [0.15, 0.2) is 27.8 Å². The van der Waals surface area contributed by atoms with Crippen molar-refractivity contribution in [2.24, 2.45) is 0 Å². The average Bonchev–Trinajstić information content (AvgIpc) is 2.99. The predicted octanol–water partition coefficient (Wildman–Crippen LogP) is 2.88. The molecule has 0 aliphatic carbocycles. The summed E-state index contributed by atoms with van der Waals surface area (Å²) in [6.07, 6.45) is 0. The fourth-order valence-corrected chi connectivity index (χ4v) is 5.87. The van der Waals surface area contributed by atoms with E-state index in [0.717, 1.165) is 15.3 Å². The van der Waals surface area contributed by atoms with Gasteiger partial charge in [-0.05, 0) is 43.3 Å². The molecule has 0 bridgehead atoms. The monoisotopic (exact) mass is 330 g/mol. The molecule has 4 nitrogen and oxygen atoms in total. The van der Waals surface area contributed by atoms with Crippen LogP contribution in [0.3, 0.4) is 0 Å². The number of hydrogen-bond donors (Lipinski definition) is 2. The lowest BCUT2D eigenvalue weighted by Gasteiger charge is -2.14. The van der Waals surface area contributed by atoms with Crippen LogP contribution in [0, 0.1) is 6.92 Å². The Hall–Kier alpha value is -0.730. The van der Waals surface area contributed by atoms with Crippen LogP contribution in [-0.2, 0) is 16.6 Å². The fraction of sp³-hybridized carbons (Fsp3) is 0.385. The molecule has 0 aliphatic rings. The van der Waals surface area contributed by atoms with Crippen LogP contribution in [0.1, 0.15) is 28.3 Å². The van der Waals surface area contributed by atoms with E-state index in [-0.39, 0.29) is 6.04 Å². The maximum Gasteiger partial charge on any atom is 0.242 e. The summed E-state index contributed by atoms with van der Waals surface area (Å²) in [5.41, 5.74) is 0.797.